The average molecular weight is 439 g/mol. The Kier molecular flexibility index (Phi) is 5.05. The number of nitrogens with zero attached hydrogens (tertiary/aromatic N) is 3. The molecule has 0 radical (unpaired) electrons. The molecule has 1 saturated heterocycles. The molecule has 1 fully saturated rings. The van der Waals surface area contributed by atoms with Gasteiger partial charge in [0, 0.05) is 5.69 Å². The fourth-order valence-electron chi connectivity index (χ4n) is 3.45. The van der Waals surface area contributed by atoms with Crippen LogP contribution in [0.25, 0.3) is 0 Å². The maximum absolute atomic E-state index is 13.3. The van der Waals surface area contributed by atoms with E-state index >= 15 is 0 Å². The van der Waals surface area contributed by atoms with Gasteiger partial charge in [-0.2, -0.15) is 31.6 Å². The molecule has 3 rings (SSSR count). The van der Waals surface area contributed by atoms with Crippen molar-refractivity contribution in [2.24, 2.45) is 0 Å². The van der Waals surface area contributed by atoms with Crippen molar-refractivity contribution < 1.29 is 31.1 Å². The summed E-state index contributed by atoms with van der Waals surface area (Å²) in [6.07, 6.45) is -9.37. The molecule has 162 valence electrons. The van der Waals surface area contributed by atoms with E-state index in [1.54, 1.807) is 0 Å². The largest absolute Gasteiger partial charge is 0.417 e. The fourth-order valence-corrected chi connectivity index (χ4v) is 3.45. The highest BCUT2D eigenvalue weighted by molar-refractivity contribution is 6.09. The van der Waals surface area contributed by atoms with Crippen molar-refractivity contribution in [3.05, 3.63) is 71.6 Å². The van der Waals surface area contributed by atoms with Gasteiger partial charge in [-0.3, -0.25) is 9.69 Å². The summed E-state index contributed by atoms with van der Waals surface area (Å²) in [6.45, 7) is 6.74. The molecule has 0 aromatic heterocycles. The third-order valence-corrected chi connectivity index (χ3v) is 4.94. The zero-order chi connectivity index (χ0) is 23.4. The van der Waals surface area contributed by atoms with Gasteiger partial charge in [0.15, 0.2) is 0 Å². The van der Waals surface area contributed by atoms with Gasteiger partial charge in [0.05, 0.1) is 28.4 Å². The minimum Gasteiger partial charge on any atom is -0.313 e. The number of nitriles is 1. The quantitative estimate of drug-likeness (QED) is 0.564. The number of rotatable bonds is 2. The first-order chi connectivity index (χ1) is 14.2. The molecule has 4 nitrogen and oxygen atoms in total. The highest BCUT2D eigenvalue weighted by Gasteiger charge is 2.49. The van der Waals surface area contributed by atoms with Crippen LogP contribution in [0.2, 0.25) is 0 Å². The lowest BCUT2D eigenvalue weighted by Gasteiger charge is -2.30. The second kappa shape index (κ2) is 7.04. The zero-order valence-electron chi connectivity index (χ0n) is 16.3. The van der Waals surface area contributed by atoms with Gasteiger partial charge in [-0.1, -0.05) is 6.58 Å². The van der Waals surface area contributed by atoms with Crippen molar-refractivity contribution in [1.29, 1.82) is 5.26 Å². The SMILES string of the molecule is C=C1N(c2ccc(C#N)c(C(F)(F)F)c2)C(=O)C(C)(C)N1c1ccc(C(F)(F)F)cc1. The van der Waals surface area contributed by atoms with Crippen LogP contribution < -0.4 is 9.80 Å². The number of halogens is 6. The monoisotopic (exact) mass is 439 g/mol. The van der Waals surface area contributed by atoms with E-state index in [2.05, 4.69) is 6.58 Å². The predicted octanol–water partition coefficient (Wildman–Crippen LogP) is 5.70. The third-order valence-electron chi connectivity index (χ3n) is 4.94. The van der Waals surface area contributed by atoms with Crippen LogP contribution in [-0.2, 0) is 17.1 Å². The highest BCUT2D eigenvalue weighted by atomic mass is 19.4. The van der Waals surface area contributed by atoms with E-state index in [0.717, 1.165) is 35.2 Å². The van der Waals surface area contributed by atoms with Gasteiger partial charge in [-0.15, -0.1) is 0 Å². The summed E-state index contributed by atoms with van der Waals surface area (Å²) in [5.41, 5.74) is -3.99. The Morgan fingerprint density at radius 2 is 1.48 bits per heavy atom. The summed E-state index contributed by atoms with van der Waals surface area (Å²) < 4.78 is 78.6. The predicted molar refractivity (Wildman–Crippen MR) is 101 cm³/mol. The van der Waals surface area contributed by atoms with E-state index in [0.29, 0.717) is 6.07 Å². The Balaban J connectivity index is 2.07. The molecule has 2 aromatic carbocycles. The maximum Gasteiger partial charge on any atom is 0.417 e. The lowest BCUT2D eigenvalue weighted by molar-refractivity contribution is -0.138. The number of anilines is 2. The van der Waals surface area contributed by atoms with Gasteiger partial charge in [0.1, 0.15) is 11.4 Å². The van der Waals surface area contributed by atoms with Gasteiger partial charge in [-0.25, -0.2) is 0 Å². The van der Waals surface area contributed by atoms with E-state index < -0.39 is 40.5 Å². The molecule has 1 aliphatic heterocycles. The Morgan fingerprint density at radius 1 is 0.935 bits per heavy atom. The molecule has 0 atom stereocenters. The first kappa shape index (κ1) is 22.2. The van der Waals surface area contributed by atoms with Crippen LogP contribution in [0.5, 0.6) is 0 Å². The molecule has 31 heavy (non-hydrogen) atoms. The molecule has 1 amide bonds. The molecule has 0 spiro atoms. The summed E-state index contributed by atoms with van der Waals surface area (Å²) in [4.78, 5) is 15.4. The Labute approximate surface area is 173 Å². The van der Waals surface area contributed by atoms with Crippen molar-refractivity contribution >= 4 is 17.3 Å². The Hall–Kier alpha value is -3.48. The maximum atomic E-state index is 13.3. The van der Waals surface area contributed by atoms with E-state index in [4.69, 9.17) is 5.26 Å². The van der Waals surface area contributed by atoms with Gasteiger partial charge in [0.2, 0.25) is 0 Å². The van der Waals surface area contributed by atoms with Crippen molar-refractivity contribution in [2.75, 3.05) is 9.80 Å². The second-order valence-electron chi connectivity index (χ2n) is 7.34. The van der Waals surface area contributed by atoms with Crippen LogP contribution in [0.1, 0.15) is 30.5 Å². The van der Waals surface area contributed by atoms with Crippen LogP contribution in [0.4, 0.5) is 37.7 Å². The van der Waals surface area contributed by atoms with Crippen molar-refractivity contribution in [1.82, 2.24) is 0 Å². The Bertz CT molecular complexity index is 1090. The first-order valence-corrected chi connectivity index (χ1v) is 8.82. The van der Waals surface area contributed by atoms with E-state index in [1.807, 2.05) is 0 Å². The van der Waals surface area contributed by atoms with Crippen molar-refractivity contribution in [2.45, 2.75) is 31.7 Å². The van der Waals surface area contributed by atoms with E-state index in [9.17, 15) is 31.1 Å². The first-order valence-electron chi connectivity index (χ1n) is 8.82. The molecule has 0 unspecified atom stereocenters. The van der Waals surface area contributed by atoms with E-state index in [-0.39, 0.29) is 17.2 Å². The van der Waals surface area contributed by atoms with Crippen LogP contribution >= 0.6 is 0 Å². The average Bonchev–Trinajstić information content (AvgIpc) is 2.84. The summed E-state index contributed by atoms with van der Waals surface area (Å²) in [6, 6.07) is 8.28. The van der Waals surface area contributed by atoms with Crippen LogP contribution in [0.15, 0.2) is 54.9 Å². The van der Waals surface area contributed by atoms with E-state index in [1.165, 1.54) is 30.9 Å². The second-order valence-corrected chi connectivity index (χ2v) is 7.34. The molecule has 1 heterocycles. The Morgan fingerprint density at radius 3 is 1.97 bits per heavy atom. The molecule has 2 aromatic rings. The third kappa shape index (κ3) is 3.71. The number of hydrogen-bond donors (Lipinski definition) is 0. The highest BCUT2D eigenvalue weighted by Crippen LogP contribution is 2.43. The molecule has 0 aliphatic carbocycles. The number of alkyl halides is 6. The lowest BCUT2D eigenvalue weighted by Crippen LogP contribution is -2.43. The van der Waals surface area contributed by atoms with Gasteiger partial charge in [0.25, 0.3) is 5.91 Å². The van der Waals surface area contributed by atoms with Crippen LogP contribution in [0, 0.1) is 11.3 Å². The van der Waals surface area contributed by atoms with Gasteiger partial charge in [-0.05, 0) is 56.3 Å². The normalized spacial score (nSPS) is 16.6. The topological polar surface area (TPSA) is 47.3 Å². The van der Waals surface area contributed by atoms with Gasteiger partial charge < -0.3 is 4.90 Å². The standard InChI is InChI=1S/C21H15F6N3O/c1-12-29(16-7-4-13(11-28)17(10-16)21(25,26)27)18(31)19(2,3)30(12)15-8-5-14(6-9-15)20(22,23)24/h4-10H,1H2,2-3H3. The summed E-state index contributed by atoms with van der Waals surface area (Å²) in [5.74, 6) is -0.664. The molecule has 1 aliphatic rings. The number of amides is 1. The molecular weight excluding hydrogens is 424 g/mol. The number of benzene rings is 2. The lowest BCUT2D eigenvalue weighted by atomic mass is 10.0. The summed E-state index contributed by atoms with van der Waals surface area (Å²) in [7, 11) is 0. The molecule has 0 bridgehead atoms. The number of carbonyl (C=O) groups is 1. The molecule has 0 saturated carbocycles. The minimum atomic E-state index is -4.83. The number of carbonyl (C=O) groups excluding carboxylic acids is 1. The molecule has 10 heteroatoms. The zero-order valence-corrected chi connectivity index (χ0v) is 16.3. The van der Waals surface area contributed by atoms with Gasteiger partial charge >= 0.3 is 12.4 Å². The fraction of sp³-hybridized carbons (Fsp3) is 0.238. The summed E-state index contributed by atoms with van der Waals surface area (Å²) >= 11 is 0. The molecular formula is C21H15F6N3O. The van der Waals surface area contributed by atoms with Crippen molar-refractivity contribution in [3.63, 3.8) is 0 Å². The minimum absolute atomic E-state index is 0.0346. The summed E-state index contributed by atoms with van der Waals surface area (Å²) in [5, 5.41) is 8.96. The smallest absolute Gasteiger partial charge is 0.313 e. The van der Waals surface area contributed by atoms with Crippen LogP contribution in [-0.4, -0.2) is 11.4 Å². The number of hydrogen-bond acceptors (Lipinski definition) is 3. The molecule has 0 N–H and O–H groups in total. The van der Waals surface area contributed by atoms with Crippen LogP contribution in [0.3, 0.4) is 0 Å². The van der Waals surface area contributed by atoms with Crippen molar-refractivity contribution in [3.8, 4) is 6.07 Å².